The van der Waals surface area contributed by atoms with Gasteiger partial charge in [0.15, 0.2) is 0 Å². The number of aliphatic carboxylic acids is 1. The van der Waals surface area contributed by atoms with E-state index in [1.165, 1.54) is 167 Å². The van der Waals surface area contributed by atoms with E-state index < -0.39 is 5.97 Å². The molecule has 0 saturated heterocycles. The number of nitrogens with zero attached hydrogens (tertiary/aromatic N) is 1. The Balaban J connectivity index is 1.19. The van der Waals surface area contributed by atoms with Gasteiger partial charge in [-0.3, -0.25) is 0 Å². The number of carboxylic acid groups (broad SMARTS) is 1. The fraction of sp³-hybridized carbons (Fsp3) is 0.378. The molecule has 3 aliphatic carbocycles. The molecular formula is C74H81NO2. The predicted octanol–water partition coefficient (Wildman–Crippen LogP) is 20.5. The minimum absolute atomic E-state index is 0.0120. The summed E-state index contributed by atoms with van der Waals surface area (Å²) in [6.07, 6.45) is 22.4. The molecule has 0 aromatic heterocycles. The monoisotopic (exact) mass is 1020 g/mol. The van der Waals surface area contributed by atoms with Crippen molar-refractivity contribution in [2.24, 2.45) is 0 Å². The Morgan fingerprint density at radius 2 is 0.753 bits per heavy atom. The highest BCUT2D eigenvalue weighted by Gasteiger charge is 2.46. The van der Waals surface area contributed by atoms with Gasteiger partial charge in [-0.15, -0.1) is 0 Å². The zero-order valence-corrected chi connectivity index (χ0v) is 47.0. The standard InChI is InChI=1S/C74H81NO2/c1-7-13-39-72(40-14-8-2)64-25-21-19-23-58(64)60-36-32-54(47-67(60)72)70(55-33-37-61-59-24-20-22-26-65(59)73(41-15-9-3,42-16-10-4)68(61)48-55)56-34-38-63-62-35-31-53(52-29-27-51(28-30-52)45-57(50-75)71(76)77)46-66(62)74(43-17-11-5,44-18-12-6)69(63)49-56/h19-38,45-49,70H,7-18,39-44H2,1-6H3,(H,76,77)/b57-45+. The van der Waals surface area contributed by atoms with E-state index in [2.05, 4.69) is 175 Å². The maximum atomic E-state index is 11.7. The Kier molecular flexibility index (Phi) is 16.1. The van der Waals surface area contributed by atoms with Crippen molar-refractivity contribution in [1.82, 2.24) is 0 Å². The van der Waals surface area contributed by atoms with Gasteiger partial charge in [0.1, 0.15) is 11.6 Å². The van der Waals surface area contributed by atoms with Crippen LogP contribution in [0.5, 0.6) is 0 Å². The largest absolute Gasteiger partial charge is 0.477 e. The maximum Gasteiger partial charge on any atom is 0.346 e. The van der Waals surface area contributed by atoms with Crippen LogP contribution in [0.1, 0.15) is 219 Å². The highest BCUT2D eigenvalue weighted by atomic mass is 16.4. The Morgan fingerprint density at radius 3 is 1.12 bits per heavy atom. The molecule has 7 aromatic rings. The molecule has 0 spiro atoms. The molecule has 0 bridgehead atoms. The van der Waals surface area contributed by atoms with Gasteiger partial charge in [-0.05, 0) is 151 Å². The minimum Gasteiger partial charge on any atom is -0.477 e. The Bertz CT molecular complexity index is 3200. The van der Waals surface area contributed by atoms with Crippen LogP contribution in [-0.2, 0) is 21.0 Å². The molecule has 7 aromatic carbocycles. The number of fused-ring (bicyclic) bond motifs is 9. The quantitative estimate of drug-likeness (QED) is 0.0373. The van der Waals surface area contributed by atoms with Crippen LogP contribution in [0.3, 0.4) is 0 Å². The van der Waals surface area contributed by atoms with E-state index in [0.29, 0.717) is 5.56 Å². The summed E-state index contributed by atoms with van der Waals surface area (Å²) in [5.74, 6) is -1.20. The first kappa shape index (κ1) is 53.6. The average Bonchev–Trinajstić information content (AvgIpc) is 4.14. The van der Waals surface area contributed by atoms with Crippen LogP contribution < -0.4 is 0 Å². The molecule has 0 aliphatic heterocycles. The van der Waals surface area contributed by atoms with Crippen molar-refractivity contribution in [3.8, 4) is 50.6 Å². The van der Waals surface area contributed by atoms with E-state index in [1.807, 2.05) is 18.2 Å². The van der Waals surface area contributed by atoms with Gasteiger partial charge in [0.2, 0.25) is 0 Å². The zero-order valence-electron chi connectivity index (χ0n) is 47.0. The molecule has 0 unspecified atom stereocenters. The van der Waals surface area contributed by atoms with Gasteiger partial charge in [0.05, 0.1) is 0 Å². The van der Waals surface area contributed by atoms with Crippen molar-refractivity contribution < 1.29 is 9.90 Å². The average molecular weight is 1020 g/mol. The summed E-state index contributed by atoms with van der Waals surface area (Å²) >= 11 is 0. The Hall–Kier alpha value is -6.76. The van der Waals surface area contributed by atoms with Crippen molar-refractivity contribution in [2.45, 2.75) is 179 Å². The molecular weight excluding hydrogens is 935 g/mol. The first-order chi connectivity index (χ1) is 37.6. The summed E-state index contributed by atoms with van der Waals surface area (Å²) in [5, 5.41) is 19.0. The van der Waals surface area contributed by atoms with Gasteiger partial charge in [0, 0.05) is 22.2 Å². The Morgan fingerprint density at radius 1 is 0.429 bits per heavy atom. The van der Waals surface area contributed by atoms with E-state index in [9.17, 15) is 15.2 Å². The topological polar surface area (TPSA) is 61.1 Å². The van der Waals surface area contributed by atoms with Crippen molar-refractivity contribution in [2.75, 3.05) is 0 Å². The lowest BCUT2D eigenvalue weighted by Crippen LogP contribution is -2.26. The number of rotatable bonds is 24. The van der Waals surface area contributed by atoms with Crippen LogP contribution in [0.2, 0.25) is 0 Å². The van der Waals surface area contributed by atoms with Crippen molar-refractivity contribution in [1.29, 1.82) is 5.26 Å². The first-order valence-corrected chi connectivity index (χ1v) is 29.9. The molecule has 3 nitrogen and oxygen atoms in total. The lowest BCUT2D eigenvalue weighted by molar-refractivity contribution is -0.132. The number of hydrogen-bond acceptors (Lipinski definition) is 2. The smallest absolute Gasteiger partial charge is 0.346 e. The predicted molar refractivity (Wildman–Crippen MR) is 323 cm³/mol. The summed E-state index contributed by atoms with van der Waals surface area (Å²) in [7, 11) is 0. The molecule has 3 aliphatic rings. The molecule has 10 rings (SSSR count). The van der Waals surface area contributed by atoms with Crippen LogP contribution in [0, 0.1) is 11.3 Å². The second-order valence-electron chi connectivity index (χ2n) is 23.2. The van der Waals surface area contributed by atoms with Crippen LogP contribution in [0.25, 0.3) is 50.6 Å². The molecule has 0 saturated carbocycles. The number of carboxylic acids is 1. The molecule has 77 heavy (non-hydrogen) atoms. The fourth-order valence-electron chi connectivity index (χ4n) is 14.7. The number of benzene rings is 7. The number of unbranched alkanes of at least 4 members (excludes halogenated alkanes) is 6. The fourth-order valence-corrected chi connectivity index (χ4v) is 14.7. The number of nitriles is 1. The second kappa shape index (κ2) is 23.1. The zero-order chi connectivity index (χ0) is 53.7. The highest BCUT2D eigenvalue weighted by molar-refractivity contribution is 5.96. The molecule has 1 N–H and O–H groups in total. The molecule has 0 atom stereocenters. The lowest BCUT2D eigenvalue weighted by Gasteiger charge is -2.35. The van der Waals surface area contributed by atoms with Gasteiger partial charge in [0.25, 0.3) is 0 Å². The van der Waals surface area contributed by atoms with E-state index in [4.69, 9.17) is 0 Å². The highest BCUT2D eigenvalue weighted by Crippen LogP contribution is 2.59. The molecule has 0 radical (unpaired) electrons. The maximum absolute atomic E-state index is 11.7. The number of carbonyl (C=O) groups is 1. The summed E-state index contributed by atoms with van der Waals surface area (Å²) in [6, 6.07) is 58.9. The van der Waals surface area contributed by atoms with Gasteiger partial charge in [-0.2, -0.15) is 5.26 Å². The van der Waals surface area contributed by atoms with Gasteiger partial charge in [-0.25, -0.2) is 4.79 Å². The SMILES string of the molecule is CCCCC1(CCCC)c2ccccc2-c2ccc(C(c3ccc4c(c3)C(CCCC)(CCCC)c3ccccc3-4)c3ccc4c(c3)C(CCCC)(CCCC)c3cc(-c5ccc(/C=C(\C#N)C(=O)O)cc5)ccc3-4)cc21. The van der Waals surface area contributed by atoms with E-state index >= 15 is 0 Å². The van der Waals surface area contributed by atoms with Gasteiger partial charge in [-0.1, -0.05) is 258 Å². The molecule has 0 fully saturated rings. The third kappa shape index (κ3) is 9.53. The van der Waals surface area contributed by atoms with Crippen molar-refractivity contribution >= 4 is 12.0 Å². The summed E-state index contributed by atoms with van der Waals surface area (Å²) in [5.41, 5.74) is 24.1. The molecule has 394 valence electrons. The first-order valence-electron chi connectivity index (χ1n) is 29.9. The van der Waals surface area contributed by atoms with E-state index in [0.717, 1.165) is 49.7 Å². The van der Waals surface area contributed by atoms with Crippen LogP contribution >= 0.6 is 0 Å². The third-order valence-electron chi connectivity index (χ3n) is 18.6. The Labute approximate surface area is 461 Å². The number of hydrogen-bond donors (Lipinski definition) is 1. The van der Waals surface area contributed by atoms with Crippen molar-refractivity contribution in [3.63, 3.8) is 0 Å². The van der Waals surface area contributed by atoms with Crippen molar-refractivity contribution in [3.05, 3.63) is 207 Å². The van der Waals surface area contributed by atoms with Gasteiger partial charge < -0.3 is 5.11 Å². The second-order valence-corrected chi connectivity index (χ2v) is 23.2. The summed E-state index contributed by atoms with van der Waals surface area (Å²) in [6.45, 7) is 14.1. The van der Waals surface area contributed by atoms with E-state index in [1.54, 1.807) is 0 Å². The molecule has 0 amide bonds. The van der Waals surface area contributed by atoms with Gasteiger partial charge >= 0.3 is 5.97 Å². The lowest BCUT2D eigenvalue weighted by atomic mass is 9.68. The summed E-state index contributed by atoms with van der Waals surface area (Å²) in [4.78, 5) is 11.7. The minimum atomic E-state index is -1.21. The molecule has 3 heteroatoms. The van der Waals surface area contributed by atoms with E-state index in [-0.39, 0.29) is 27.7 Å². The molecule has 0 heterocycles. The third-order valence-corrected chi connectivity index (χ3v) is 18.6. The summed E-state index contributed by atoms with van der Waals surface area (Å²) < 4.78 is 0. The van der Waals surface area contributed by atoms with Crippen LogP contribution in [-0.4, -0.2) is 11.1 Å². The van der Waals surface area contributed by atoms with Crippen LogP contribution in [0.15, 0.2) is 151 Å². The normalized spacial score (nSPS) is 14.9. The van der Waals surface area contributed by atoms with Crippen LogP contribution in [0.4, 0.5) is 0 Å².